The lowest BCUT2D eigenvalue weighted by atomic mass is 10.2. The van der Waals surface area contributed by atoms with Crippen LogP contribution in [-0.4, -0.2) is 22.2 Å². The summed E-state index contributed by atoms with van der Waals surface area (Å²) in [6, 6.07) is 6.25. The first-order chi connectivity index (χ1) is 7.11. The second-order valence-electron chi connectivity index (χ2n) is 2.53. The fourth-order valence-electron chi connectivity index (χ4n) is 0.968. The molecule has 15 heavy (non-hydrogen) atoms. The lowest BCUT2D eigenvalue weighted by Gasteiger charge is -2.04. The second-order valence-corrected chi connectivity index (χ2v) is 2.53. The molecule has 5 N–H and O–H groups in total. The molecule has 1 aromatic carbocycles. The first-order valence-corrected chi connectivity index (χ1v) is 3.97. The number of hydrogen-bond acceptors (Lipinski definition) is 4. The van der Waals surface area contributed by atoms with Crippen LogP contribution < -0.4 is 11.2 Å². The van der Waals surface area contributed by atoms with E-state index in [4.69, 9.17) is 10.3 Å². The van der Waals surface area contributed by atoms with E-state index in [0.29, 0.717) is 5.69 Å². The molecule has 0 spiro atoms. The van der Waals surface area contributed by atoms with Crippen molar-refractivity contribution in [1.82, 2.24) is 0 Å². The van der Waals surface area contributed by atoms with Crippen molar-refractivity contribution in [3.63, 3.8) is 0 Å². The van der Waals surface area contributed by atoms with Crippen molar-refractivity contribution in [2.45, 2.75) is 6.92 Å². The molecule has 6 nitrogen and oxygen atoms in total. The Morgan fingerprint density at radius 1 is 1.27 bits per heavy atom. The van der Waals surface area contributed by atoms with Gasteiger partial charge in [-0.1, -0.05) is 12.1 Å². The largest absolute Gasteiger partial charge is 0.478 e. The molecule has 0 saturated heterocycles. The number of benzene rings is 1. The Bertz CT molecular complexity index is 352. The molecule has 1 rings (SSSR count). The van der Waals surface area contributed by atoms with Crippen molar-refractivity contribution in [2.24, 2.45) is 5.90 Å². The number of rotatable bonds is 2. The van der Waals surface area contributed by atoms with Gasteiger partial charge in [-0.2, -0.15) is 0 Å². The zero-order valence-corrected chi connectivity index (χ0v) is 8.10. The summed E-state index contributed by atoms with van der Waals surface area (Å²) < 4.78 is 0. The molecule has 0 radical (unpaired) electrons. The zero-order valence-electron chi connectivity index (χ0n) is 8.10. The van der Waals surface area contributed by atoms with Gasteiger partial charge in [0.2, 0.25) is 5.91 Å². The van der Waals surface area contributed by atoms with E-state index in [1.807, 2.05) is 0 Å². The standard InChI is InChI=1S/C9H9NO3.H3NO/c1-6(11)10-8-5-3-2-4-7(8)9(12)13;1-2/h2-5H,1H3,(H,10,11)(H,12,13);2H,1H2. The summed E-state index contributed by atoms with van der Waals surface area (Å²) in [4.78, 5) is 21.3. The highest BCUT2D eigenvalue weighted by Gasteiger charge is 2.08. The van der Waals surface area contributed by atoms with Crippen LogP contribution in [0.5, 0.6) is 0 Å². The van der Waals surface area contributed by atoms with E-state index in [1.165, 1.54) is 13.0 Å². The molecule has 0 fully saturated rings. The average Bonchev–Trinajstić information content (AvgIpc) is 2.20. The number of amides is 1. The predicted molar refractivity (Wildman–Crippen MR) is 53.7 cm³/mol. The van der Waals surface area contributed by atoms with Crippen molar-refractivity contribution in [1.29, 1.82) is 0 Å². The molecule has 0 aromatic heterocycles. The van der Waals surface area contributed by atoms with Gasteiger partial charge in [-0.3, -0.25) is 4.79 Å². The van der Waals surface area contributed by atoms with Crippen LogP contribution in [0.1, 0.15) is 17.3 Å². The van der Waals surface area contributed by atoms with Crippen LogP contribution in [0.4, 0.5) is 5.69 Å². The fourth-order valence-corrected chi connectivity index (χ4v) is 0.968. The minimum atomic E-state index is -1.05. The lowest BCUT2D eigenvalue weighted by Crippen LogP contribution is -2.10. The maximum Gasteiger partial charge on any atom is 0.337 e. The first-order valence-electron chi connectivity index (χ1n) is 3.97. The number of anilines is 1. The van der Waals surface area contributed by atoms with Gasteiger partial charge in [0.05, 0.1) is 11.3 Å². The normalized spacial score (nSPS) is 8.47. The molecule has 0 unspecified atom stereocenters. The summed E-state index contributed by atoms with van der Waals surface area (Å²) in [6.45, 7) is 1.33. The average molecular weight is 212 g/mol. The quantitative estimate of drug-likeness (QED) is 0.538. The number of carbonyl (C=O) groups is 2. The fraction of sp³-hybridized carbons (Fsp3) is 0.111. The number of carboxylic acid groups (broad SMARTS) is 1. The molecule has 1 aromatic rings. The Morgan fingerprint density at radius 2 is 1.80 bits per heavy atom. The molecule has 0 saturated carbocycles. The van der Waals surface area contributed by atoms with E-state index >= 15 is 0 Å². The van der Waals surface area contributed by atoms with Crippen molar-refractivity contribution < 1.29 is 19.9 Å². The van der Waals surface area contributed by atoms with E-state index in [2.05, 4.69) is 11.2 Å². The summed E-state index contributed by atoms with van der Waals surface area (Å²) in [6.07, 6.45) is 0. The van der Waals surface area contributed by atoms with Crippen molar-refractivity contribution >= 4 is 17.6 Å². The lowest BCUT2D eigenvalue weighted by molar-refractivity contribution is -0.114. The number of carboxylic acids is 1. The predicted octanol–water partition coefficient (Wildman–Crippen LogP) is 0.678. The van der Waals surface area contributed by atoms with E-state index in [9.17, 15) is 9.59 Å². The molecule has 82 valence electrons. The van der Waals surface area contributed by atoms with Crippen LogP contribution in [0.15, 0.2) is 24.3 Å². The highest BCUT2D eigenvalue weighted by atomic mass is 16.4. The third-order valence-corrected chi connectivity index (χ3v) is 1.47. The molecule has 0 aliphatic heterocycles. The van der Waals surface area contributed by atoms with Gasteiger partial charge in [0.15, 0.2) is 0 Å². The second kappa shape index (κ2) is 6.52. The van der Waals surface area contributed by atoms with Gasteiger partial charge in [0, 0.05) is 6.92 Å². The van der Waals surface area contributed by atoms with Crippen LogP contribution in [0.25, 0.3) is 0 Å². The van der Waals surface area contributed by atoms with Crippen LogP contribution in [-0.2, 0) is 4.79 Å². The van der Waals surface area contributed by atoms with Gasteiger partial charge in [-0.05, 0) is 12.1 Å². The van der Waals surface area contributed by atoms with E-state index in [-0.39, 0.29) is 11.5 Å². The summed E-state index contributed by atoms with van der Waals surface area (Å²) in [5.41, 5.74) is 0.417. The van der Waals surface area contributed by atoms with Gasteiger partial charge in [-0.15, -0.1) is 0 Å². The number of hydrogen-bond donors (Lipinski definition) is 4. The van der Waals surface area contributed by atoms with E-state index in [1.54, 1.807) is 18.2 Å². The van der Waals surface area contributed by atoms with Gasteiger partial charge in [0.1, 0.15) is 0 Å². The van der Waals surface area contributed by atoms with Gasteiger partial charge >= 0.3 is 5.97 Å². The van der Waals surface area contributed by atoms with Crippen molar-refractivity contribution in [3.8, 4) is 0 Å². The minimum absolute atomic E-state index is 0.0951. The van der Waals surface area contributed by atoms with Crippen molar-refractivity contribution in [3.05, 3.63) is 29.8 Å². The highest BCUT2D eigenvalue weighted by molar-refractivity contribution is 5.99. The molecule has 1 amide bonds. The molecule has 6 heteroatoms. The molecule has 0 aliphatic rings. The van der Waals surface area contributed by atoms with Gasteiger partial charge < -0.3 is 15.6 Å². The van der Waals surface area contributed by atoms with Gasteiger partial charge in [-0.25, -0.2) is 10.7 Å². The van der Waals surface area contributed by atoms with Crippen molar-refractivity contribution in [2.75, 3.05) is 5.32 Å². The summed E-state index contributed by atoms with van der Waals surface area (Å²) in [5.74, 6) is 2.16. The maximum absolute atomic E-state index is 10.7. The van der Waals surface area contributed by atoms with Crippen LogP contribution in [0.2, 0.25) is 0 Å². The third-order valence-electron chi connectivity index (χ3n) is 1.47. The molecular weight excluding hydrogens is 200 g/mol. The number of carbonyl (C=O) groups excluding carboxylic acids is 1. The summed E-state index contributed by atoms with van der Waals surface area (Å²) >= 11 is 0. The number of nitrogens with one attached hydrogen (secondary N) is 1. The molecular formula is C9H12N2O4. The highest BCUT2D eigenvalue weighted by Crippen LogP contribution is 2.14. The molecule has 0 atom stereocenters. The SMILES string of the molecule is CC(=O)Nc1ccccc1C(=O)O.NO. The van der Waals surface area contributed by atoms with E-state index in [0.717, 1.165) is 0 Å². The Hall–Kier alpha value is -1.92. The smallest absolute Gasteiger partial charge is 0.337 e. The van der Waals surface area contributed by atoms with Crippen LogP contribution >= 0.6 is 0 Å². The third kappa shape index (κ3) is 4.21. The Morgan fingerprint density at radius 3 is 2.27 bits per heavy atom. The Kier molecular flexibility index (Phi) is 5.69. The van der Waals surface area contributed by atoms with Crippen LogP contribution in [0, 0.1) is 0 Å². The number of nitrogens with two attached hydrogens (primary N) is 1. The summed E-state index contributed by atoms with van der Waals surface area (Å²) in [5, 5.41) is 17.7. The Balaban J connectivity index is 0.000000921. The van der Waals surface area contributed by atoms with Gasteiger partial charge in [0.25, 0.3) is 0 Å². The topological polar surface area (TPSA) is 113 Å². The minimum Gasteiger partial charge on any atom is -0.478 e. The number of para-hydroxylation sites is 1. The monoisotopic (exact) mass is 212 g/mol. The Labute approximate surface area is 86.3 Å². The van der Waals surface area contributed by atoms with E-state index < -0.39 is 5.97 Å². The number of aromatic carboxylic acids is 1. The zero-order chi connectivity index (χ0) is 11.8. The van der Waals surface area contributed by atoms with Crippen LogP contribution in [0.3, 0.4) is 0 Å². The molecule has 0 heterocycles. The molecule has 0 bridgehead atoms. The molecule has 0 aliphatic carbocycles. The maximum atomic E-state index is 10.7. The summed E-state index contributed by atoms with van der Waals surface area (Å²) in [7, 11) is 0. The first kappa shape index (κ1) is 13.1.